The number of nitrogens with two attached hydrogens (primary N) is 1. The predicted octanol–water partition coefficient (Wildman–Crippen LogP) is 1.63. The van der Waals surface area contributed by atoms with E-state index >= 15 is 0 Å². The highest BCUT2D eigenvalue weighted by atomic mass is 32.2. The van der Waals surface area contributed by atoms with Crippen LogP contribution in [-0.4, -0.2) is 25.3 Å². The van der Waals surface area contributed by atoms with Crippen LogP contribution in [0, 0.1) is 6.92 Å². The van der Waals surface area contributed by atoms with Gasteiger partial charge in [0.1, 0.15) is 0 Å². The van der Waals surface area contributed by atoms with Gasteiger partial charge in [-0.1, -0.05) is 13.0 Å². The van der Waals surface area contributed by atoms with Crippen LogP contribution in [0.1, 0.15) is 30.9 Å². The van der Waals surface area contributed by atoms with Crippen molar-refractivity contribution in [2.45, 2.75) is 44.2 Å². The van der Waals surface area contributed by atoms with Gasteiger partial charge >= 0.3 is 0 Å². The van der Waals surface area contributed by atoms with Crippen molar-refractivity contribution in [1.82, 2.24) is 4.31 Å². The minimum atomic E-state index is -3.34. The minimum absolute atomic E-state index is 0.203. The van der Waals surface area contributed by atoms with Crippen LogP contribution >= 0.6 is 0 Å². The Kier molecular flexibility index (Phi) is 3.75. The molecule has 100 valence electrons. The summed E-state index contributed by atoms with van der Waals surface area (Å²) in [6, 6.07) is 5.40. The molecule has 0 atom stereocenters. The van der Waals surface area contributed by atoms with Gasteiger partial charge in [0.2, 0.25) is 10.0 Å². The van der Waals surface area contributed by atoms with Crippen LogP contribution in [0.2, 0.25) is 0 Å². The van der Waals surface area contributed by atoms with Crippen LogP contribution in [0.5, 0.6) is 0 Å². The molecule has 0 saturated heterocycles. The molecule has 0 aliphatic heterocycles. The number of hydrogen-bond acceptors (Lipinski definition) is 3. The van der Waals surface area contributed by atoms with E-state index in [0.717, 1.165) is 24.0 Å². The Bertz CT molecular complexity index is 536. The van der Waals surface area contributed by atoms with Crippen molar-refractivity contribution in [1.29, 1.82) is 0 Å². The Hall–Kier alpha value is -0.910. The first kappa shape index (κ1) is 13.5. The lowest BCUT2D eigenvalue weighted by atomic mass is 10.1. The fraction of sp³-hybridized carbons (Fsp3) is 0.538. The molecule has 1 saturated carbocycles. The van der Waals surface area contributed by atoms with E-state index in [1.807, 2.05) is 19.9 Å². The summed E-state index contributed by atoms with van der Waals surface area (Å²) in [5.74, 6) is 0. The van der Waals surface area contributed by atoms with E-state index in [2.05, 4.69) is 0 Å². The summed E-state index contributed by atoms with van der Waals surface area (Å²) in [6.45, 7) is 4.75. The largest absolute Gasteiger partial charge is 0.326 e. The first-order chi connectivity index (χ1) is 8.50. The molecule has 2 N–H and O–H groups in total. The fourth-order valence-corrected chi connectivity index (χ4v) is 3.96. The molecule has 0 radical (unpaired) electrons. The molecule has 4 nitrogen and oxygen atoms in total. The second kappa shape index (κ2) is 4.99. The molecule has 0 heterocycles. The average molecular weight is 268 g/mol. The van der Waals surface area contributed by atoms with Gasteiger partial charge in [0.05, 0.1) is 4.90 Å². The number of rotatable bonds is 5. The van der Waals surface area contributed by atoms with Crippen LogP contribution in [-0.2, 0) is 16.6 Å². The van der Waals surface area contributed by atoms with Gasteiger partial charge in [-0.05, 0) is 43.0 Å². The third-order valence-electron chi connectivity index (χ3n) is 3.41. The molecule has 1 aromatic carbocycles. The zero-order valence-corrected chi connectivity index (χ0v) is 11.7. The van der Waals surface area contributed by atoms with E-state index in [9.17, 15) is 8.42 Å². The standard InChI is InChI=1S/C13H20N2O2S/c1-3-15(12-5-6-12)18(16,17)13-7-4-11(9-14)10(2)8-13/h4,7-8,12H,3,5-6,9,14H2,1-2H3. The zero-order chi connectivity index (χ0) is 13.3. The Morgan fingerprint density at radius 1 is 1.39 bits per heavy atom. The predicted molar refractivity (Wildman–Crippen MR) is 71.7 cm³/mol. The summed E-state index contributed by atoms with van der Waals surface area (Å²) in [4.78, 5) is 0.381. The maximum absolute atomic E-state index is 12.5. The van der Waals surface area contributed by atoms with Crippen LogP contribution < -0.4 is 5.73 Å². The molecule has 0 spiro atoms. The van der Waals surface area contributed by atoms with Gasteiger partial charge in [0, 0.05) is 19.1 Å². The molecule has 0 aromatic heterocycles. The fourth-order valence-electron chi connectivity index (χ4n) is 2.18. The van der Waals surface area contributed by atoms with Gasteiger partial charge in [0.15, 0.2) is 0 Å². The lowest BCUT2D eigenvalue weighted by Crippen LogP contribution is -2.32. The number of aryl methyl sites for hydroxylation is 1. The van der Waals surface area contributed by atoms with Crippen molar-refractivity contribution >= 4 is 10.0 Å². The summed E-state index contributed by atoms with van der Waals surface area (Å²) >= 11 is 0. The molecule has 1 aliphatic carbocycles. The van der Waals surface area contributed by atoms with Crippen LogP contribution in [0.25, 0.3) is 0 Å². The third-order valence-corrected chi connectivity index (χ3v) is 5.43. The molecule has 0 bridgehead atoms. The van der Waals surface area contributed by atoms with E-state index < -0.39 is 10.0 Å². The molecular formula is C13H20N2O2S. The quantitative estimate of drug-likeness (QED) is 0.882. The molecule has 1 fully saturated rings. The van der Waals surface area contributed by atoms with E-state index in [1.165, 1.54) is 0 Å². The Balaban J connectivity index is 2.37. The van der Waals surface area contributed by atoms with Crippen molar-refractivity contribution in [3.05, 3.63) is 29.3 Å². The molecule has 1 aromatic rings. The first-order valence-electron chi connectivity index (χ1n) is 6.32. The highest BCUT2D eigenvalue weighted by Crippen LogP contribution is 2.32. The van der Waals surface area contributed by atoms with Crippen LogP contribution in [0.3, 0.4) is 0 Å². The van der Waals surface area contributed by atoms with Gasteiger partial charge in [0.25, 0.3) is 0 Å². The van der Waals surface area contributed by atoms with Gasteiger partial charge in [-0.2, -0.15) is 4.31 Å². The van der Waals surface area contributed by atoms with Crippen molar-refractivity contribution in [3.8, 4) is 0 Å². The monoisotopic (exact) mass is 268 g/mol. The maximum Gasteiger partial charge on any atom is 0.243 e. The minimum Gasteiger partial charge on any atom is -0.326 e. The molecular weight excluding hydrogens is 248 g/mol. The third kappa shape index (κ3) is 2.43. The summed E-state index contributed by atoms with van der Waals surface area (Å²) in [5, 5.41) is 0. The summed E-state index contributed by atoms with van der Waals surface area (Å²) in [5.41, 5.74) is 7.52. The molecule has 2 rings (SSSR count). The van der Waals surface area contributed by atoms with Crippen LogP contribution in [0.15, 0.2) is 23.1 Å². The number of nitrogens with zero attached hydrogens (tertiary/aromatic N) is 1. The summed E-state index contributed by atoms with van der Waals surface area (Å²) in [6.07, 6.45) is 1.96. The number of hydrogen-bond donors (Lipinski definition) is 1. The average Bonchev–Trinajstić information content (AvgIpc) is 3.14. The van der Waals surface area contributed by atoms with E-state index in [-0.39, 0.29) is 6.04 Å². The van der Waals surface area contributed by atoms with Gasteiger partial charge in [-0.15, -0.1) is 0 Å². The highest BCUT2D eigenvalue weighted by molar-refractivity contribution is 7.89. The SMILES string of the molecule is CCN(C1CC1)S(=O)(=O)c1ccc(CN)c(C)c1. The van der Waals surface area contributed by atoms with Gasteiger partial charge in [-0.3, -0.25) is 0 Å². The summed E-state index contributed by atoms with van der Waals surface area (Å²) in [7, 11) is -3.34. The van der Waals surface area contributed by atoms with E-state index in [0.29, 0.717) is 18.0 Å². The van der Waals surface area contributed by atoms with E-state index in [4.69, 9.17) is 5.73 Å². The molecule has 18 heavy (non-hydrogen) atoms. The van der Waals surface area contributed by atoms with Gasteiger partial charge in [-0.25, -0.2) is 8.42 Å². The topological polar surface area (TPSA) is 63.4 Å². The van der Waals surface area contributed by atoms with E-state index in [1.54, 1.807) is 16.4 Å². The van der Waals surface area contributed by atoms with Crippen molar-refractivity contribution in [2.24, 2.45) is 5.73 Å². The normalized spacial score (nSPS) is 16.2. The second-order valence-corrected chi connectivity index (χ2v) is 6.62. The lowest BCUT2D eigenvalue weighted by molar-refractivity contribution is 0.421. The highest BCUT2D eigenvalue weighted by Gasteiger charge is 2.36. The van der Waals surface area contributed by atoms with Crippen molar-refractivity contribution in [2.75, 3.05) is 6.54 Å². The number of sulfonamides is 1. The second-order valence-electron chi connectivity index (χ2n) is 4.73. The molecule has 5 heteroatoms. The molecule has 0 unspecified atom stereocenters. The van der Waals surface area contributed by atoms with Gasteiger partial charge < -0.3 is 5.73 Å². The maximum atomic E-state index is 12.5. The smallest absolute Gasteiger partial charge is 0.243 e. The molecule has 0 amide bonds. The first-order valence-corrected chi connectivity index (χ1v) is 7.76. The summed E-state index contributed by atoms with van der Waals surface area (Å²) < 4.78 is 26.6. The number of benzene rings is 1. The Morgan fingerprint density at radius 2 is 2.06 bits per heavy atom. The van der Waals surface area contributed by atoms with Crippen LogP contribution in [0.4, 0.5) is 0 Å². The Morgan fingerprint density at radius 3 is 2.50 bits per heavy atom. The van der Waals surface area contributed by atoms with Crippen molar-refractivity contribution in [3.63, 3.8) is 0 Å². The molecule has 1 aliphatic rings. The Labute approximate surface area is 109 Å². The lowest BCUT2D eigenvalue weighted by Gasteiger charge is -2.20. The van der Waals surface area contributed by atoms with Crippen molar-refractivity contribution < 1.29 is 8.42 Å². The zero-order valence-electron chi connectivity index (χ0n) is 10.9.